The Labute approximate surface area is 128 Å². The van der Waals surface area contributed by atoms with E-state index >= 15 is 0 Å². The first-order valence-electron chi connectivity index (χ1n) is 7.21. The van der Waals surface area contributed by atoms with Crippen LogP contribution in [-0.4, -0.2) is 32.3 Å². The van der Waals surface area contributed by atoms with Crippen molar-refractivity contribution in [1.29, 1.82) is 0 Å². The number of rotatable bonds is 2. The molecule has 0 aromatic carbocycles. The second-order valence-electron chi connectivity index (χ2n) is 6.08. The zero-order valence-electron chi connectivity index (χ0n) is 13.2. The molecule has 1 aliphatic rings. The molecule has 0 fully saturated rings. The molecule has 0 radical (unpaired) electrons. The fourth-order valence-electron chi connectivity index (χ4n) is 3.08. The van der Waals surface area contributed by atoms with E-state index in [1.54, 1.807) is 24.9 Å². The summed E-state index contributed by atoms with van der Waals surface area (Å²) in [5.41, 5.74) is 9.16. The van der Waals surface area contributed by atoms with Gasteiger partial charge in [0.15, 0.2) is 5.69 Å². The summed E-state index contributed by atoms with van der Waals surface area (Å²) in [5, 5.41) is 4.50. The topological polar surface area (TPSA) is 95.9 Å². The predicted molar refractivity (Wildman–Crippen MR) is 81.3 cm³/mol. The number of aryl methyl sites for hydroxylation is 1. The number of anilines is 1. The minimum Gasteiger partial charge on any atom is -0.461 e. The monoisotopic (exact) mass is 301 g/mol. The Balaban J connectivity index is 2.28. The summed E-state index contributed by atoms with van der Waals surface area (Å²) in [4.78, 5) is 20.7. The number of hydrogen-bond acceptors (Lipinski definition) is 6. The SMILES string of the molecule is CCOC(=O)c1c2c(nn1C)-c1nc(N)ncc1CC2(C)C. The molecular weight excluding hydrogens is 282 g/mol. The molecule has 0 saturated heterocycles. The third-order valence-electron chi connectivity index (χ3n) is 3.93. The van der Waals surface area contributed by atoms with Crippen molar-refractivity contribution < 1.29 is 9.53 Å². The van der Waals surface area contributed by atoms with E-state index in [1.165, 1.54) is 0 Å². The Kier molecular flexibility index (Phi) is 3.16. The van der Waals surface area contributed by atoms with Gasteiger partial charge in [-0.3, -0.25) is 4.68 Å². The number of hydrogen-bond donors (Lipinski definition) is 1. The van der Waals surface area contributed by atoms with Crippen LogP contribution >= 0.6 is 0 Å². The summed E-state index contributed by atoms with van der Waals surface area (Å²) >= 11 is 0. The molecule has 0 bridgehead atoms. The Morgan fingerprint density at radius 2 is 2.18 bits per heavy atom. The highest BCUT2D eigenvalue weighted by Gasteiger charge is 2.40. The smallest absolute Gasteiger partial charge is 0.356 e. The van der Waals surface area contributed by atoms with E-state index in [1.807, 2.05) is 0 Å². The quantitative estimate of drug-likeness (QED) is 0.844. The molecule has 7 heteroatoms. The van der Waals surface area contributed by atoms with Crippen LogP contribution in [0.25, 0.3) is 11.4 Å². The maximum absolute atomic E-state index is 12.3. The van der Waals surface area contributed by atoms with E-state index in [2.05, 4.69) is 28.9 Å². The number of ether oxygens (including phenoxy) is 1. The molecule has 1 aliphatic carbocycles. The van der Waals surface area contributed by atoms with Gasteiger partial charge >= 0.3 is 5.97 Å². The first kappa shape index (κ1) is 14.5. The van der Waals surface area contributed by atoms with Crippen LogP contribution < -0.4 is 5.73 Å². The first-order valence-corrected chi connectivity index (χ1v) is 7.21. The molecule has 2 N–H and O–H groups in total. The highest BCUT2D eigenvalue weighted by molar-refractivity contribution is 5.92. The van der Waals surface area contributed by atoms with E-state index < -0.39 is 0 Å². The van der Waals surface area contributed by atoms with E-state index in [9.17, 15) is 4.79 Å². The molecule has 0 atom stereocenters. The van der Waals surface area contributed by atoms with Crippen molar-refractivity contribution in [2.45, 2.75) is 32.6 Å². The minimum absolute atomic E-state index is 0.202. The molecule has 0 aliphatic heterocycles. The van der Waals surface area contributed by atoms with Crippen molar-refractivity contribution in [2.75, 3.05) is 12.3 Å². The summed E-state index contributed by atoms with van der Waals surface area (Å²) < 4.78 is 6.75. The third kappa shape index (κ3) is 2.04. The van der Waals surface area contributed by atoms with E-state index in [0.29, 0.717) is 30.1 Å². The number of nitrogen functional groups attached to an aromatic ring is 1. The van der Waals surface area contributed by atoms with Crippen molar-refractivity contribution in [3.05, 3.63) is 23.0 Å². The second kappa shape index (κ2) is 4.79. The summed E-state index contributed by atoms with van der Waals surface area (Å²) in [6, 6.07) is 0. The molecule has 0 amide bonds. The van der Waals surface area contributed by atoms with E-state index in [-0.39, 0.29) is 17.3 Å². The molecule has 0 saturated carbocycles. The lowest BCUT2D eigenvalue weighted by atomic mass is 9.73. The Morgan fingerprint density at radius 3 is 2.86 bits per heavy atom. The van der Waals surface area contributed by atoms with Crippen LogP contribution in [0.1, 0.15) is 42.4 Å². The number of carbonyl (C=O) groups excluding carboxylic acids is 1. The van der Waals surface area contributed by atoms with Crippen molar-refractivity contribution in [3.63, 3.8) is 0 Å². The van der Waals surface area contributed by atoms with Crippen molar-refractivity contribution in [2.24, 2.45) is 7.05 Å². The summed E-state index contributed by atoms with van der Waals surface area (Å²) in [6.07, 6.45) is 2.45. The van der Waals surface area contributed by atoms with Crippen molar-refractivity contribution >= 4 is 11.9 Å². The number of carbonyl (C=O) groups is 1. The molecule has 0 unspecified atom stereocenters. The van der Waals surface area contributed by atoms with Crippen LogP contribution in [0.15, 0.2) is 6.20 Å². The number of aromatic nitrogens is 4. The number of nitrogens with zero attached hydrogens (tertiary/aromatic N) is 4. The van der Waals surface area contributed by atoms with Gasteiger partial charge in [0.2, 0.25) is 5.95 Å². The molecule has 116 valence electrons. The normalized spacial score (nSPS) is 15.1. The molecule has 3 rings (SSSR count). The summed E-state index contributed by atoms with van der Waals surface area (Å²) in [6.45, 7) is 6.27. The van der Waals surface area contributed by atoms with Crippen LogP contribution in [0, 0.1) is 0 Å². The number of nitrogens with two attached hydrogens (primary N) is 1. The second-order valence-corrected chi connectivity index (χ2v) is 6.08. The average molecular weight is 301 g/mol. The van der Waals surface area contributed by atoms with Crippen LogP contribution in [0.5, 0.6) is 0 Å². The van der Waals surface area contributed by atoms with Gasteiger partial charge in [-0.15, -0.1) is 0 Å². The maximum Gasteiger partial charge on any atom is 0.356 e. The lowest BCUT2D eigenvalue weighted by Crippen LogP contribution is -2.28. The lowest BCUT2D eigenvalue weighted by molar-refractivity contribution is 0.0510. The van der Waals surface area contributed by atoms with E-state index in [0.717, 1.165) is 11.1 Å². The van der Waals surface area contributed by atoms with Crippen LogP contribution in [0.3, 0.4) is 0 Å². The zero-order chi connectivity index (χ0) is 16.1. The third-order valence-corrected chi connectivity index (χ3v) is 3.93. The lowest BCUT2D eigenvalue weighted by Gasteiger charge is -2.30. The van der Waals surface area contributed by atoms with Gasteiger partial charge in [-0.05, 0) is 24.3 Å². The fourth-order valence-corrected chi connectivity index (χ4v) is 3.08. The average Bonchev–Trinajstić information content (AvgIpc) is 2.79. The molecule has 2 heterocycles. The molecule has 22 heavy (non-hydrogen) atoms. The van der Waals surface area contributed by atoms with Gasteiger partial charge in [0.1, 0.15) is 5.69 Å². The van der Waals surface area contributed by atoms with Gasteiger partial charge in [-0.1, -0.05) is 13.8 Å². The van der Waals surface area contributed by atoms with Crippen molar-refractivity contribution in [3.8, 4) is 11.4 Å². The van der Waals surface area contributed by atoms with Crippen LogP contribution in [-0.2, 0) is 23.6 Å². The first-order chi connectivity index (χ1) is 10.3. The number of esters is 1. The maximum atomic E-state index is 12.3. The minimum atomic E-state index is -0.364. The Morgan fingerprint density at radius 1 is 1.45 bits per heavy atom. The Bertz CT molecular complexity index is 764. The van der Waals surface area contributed by atoms with Gasteiger partial charge in [0.05, 0.1) is 12.3 Å². The predicted octanol–water partition coefficient (Wildman–Crippen LogP) is 1.47. The molecule has 2 aromatic rings. The summed E-state index contributed by atoms with van der Waals surface area (Å²) in [7, 11) is 1.74. The number of fused-ring (bicyclic) bond motifs is 3. The highest BCUT2D eigenvalue weighted by atomic mass is 16.5. The summed E-state index contributed by atoms with van der Waals surface area (Å²) in [5.74, 6) is -0.162. The van der Waals surface area contributed by atoms with Gasteiger partial charge in [0, 0.05) is 18.8 Å². The van der Waals surface area contributed by atoms with Crippen LogP contribution in [0.2, 0.25) is 0 Å². The van der Waals surface area contributed by atoms with Gasteiger partial charge in [0.25, 0.3) is 0 Å². The molecule has 2 aromatic heterocycles. The van der Waals surface area contributed by atoms with E-state index in [4.69, 9.17) is 10.5 Å². The largest absolute Gasteiger partial charge is 0.461 e. The van der Waals surface area contributed by atoms with Crippen molar-refractivity contribution in [1.82, 2.24) is 19.7 Å². The van der Waals surface area contributed by atoms with Gasteiger partial charge in [-0.25, -0.2) is 14.8 Å². The molecule has 0 spiro atoms. The highest BCUT2D eigenvalue weighted by Crippen LogP contribution is 2.43. The zero-order valence-corrected chi connectivity index (χ0v) is 13.2. The van der Waals surface area contributed by atoms with Gasteiger partial charge < -0.3 is 10.5 Å². The van der Waals surface area contributed by atoms with Gasteiger partial charge in [-0.2, -0.15) is 5.10 Å². The molecular formula is C15H19N5O2. The van der Waals surface area contributed by atoms with Crippen LogP contribution in [0.4, 0.5) is 5.95 Å². The Hall–Kier alpha value is -2.44. The standard InChI is InChI=1S/C15H19N5O2/c1-5-22-13(21)12-9-11(19-20(12)4)10-8(6-15(9,2)3)7-17-14(16)18-10/h7H,5-6H2,1-4H3,(H2,16,17,18). The fraction of sp³-hybridized carbons (Fsp3) is 0.467. The molecule has 7 nitrogen and oxygen atoms in total.